The van der Waals surface area contributed by atoms with Gasteiger partial charge in [-0.05, 0) is 43.7 Å². The quantitative estimate of drug-likeness (QED) is 0.866. The lowest BCUT2D eigenvalue weighted by molar-refractivity contribution is -0.143. The second-order valence-corrected chi connectivity index (χ2v) is 6.42. The number of ether oxygens (including phenoxy) is 1. The van der Waals surface area contributed by atoms with Gasteiger partial charge in [0, 0.05) is 19.2 Å². The number of carboxylic acids is 1. The summed E-state index contributed by atoms with van der Waals surface area (Å²) in [5, 5.41) is 11.7. The Morgan fingerprint density at radius 3 is 2.58 bits per heavy atom. The number of amides is 2. The maximum Gasteiger partial charge on any atom is 0.321 e. The molecule has 0 spiro atoms. The number of nitrogens with zero attached hydrogens (tertiary/aromatic N) is 1. The molecule has 1 saturated carbocycles. The van der Waals surface area contributed by atoms with Gasteiger partial charge in [0.25, 0.3) is 0 Å². The Labute approximate surface area is 139 Å². The van der Waals surface area contributed by atoms with Gasteiger partial charge in [-0.15, -0.1) is 0 Å². The van der Waals surface area contributed by atoms with E-state index in [0.29, 0.717) is 49.9 Å². The number of hydrogen-bond acceptors (Lipinski definition) is 3. The van der Waals surface area contributed by atoms with Crippen LogP contribution in [0.1, 0.15) is 25.7 Å². The number of benzene rings is 1. The average Bonchev–Trinajstić information content (AvgIpc) is 3.39. The van der Waals surface area contributed by atoms with Gasteiger partial charge in [-0.3, -0.25) is 4.79 Å². The zero-order valence-electron chi connectivity index (χ0n) is 13.3. The molecule has 0 aromatic heterocycles. The molecule has 6 nitrogen and oxygen atoms in total. The molecule has 1 aliphatic heterocycles. The van der Waals surface area contributed by atoms with Gasteiger partial charge in [-0.2, -0.15) is 0 Å². The van der Waals surface area contributed by atoms with Crippen LogP contribution in [0.5, 0.6) is 5.75 Å². The Balaban J connectivity index is 1.60. The molecule has 2 N–H and O–H groups in total. The second kappa shape index (κ2) is 7.07. The third-order valence-electron chi connectivity index (χ3n) is 4.49. The first kappa shape index (κ1) is 16.5. The van der Waals surface area contributed by atoms with Crippen LogP contribution < -0.4 is 10.1 Å². The predicted molar refractivity (Wildman–Crippen MR) is 85.6 cm³/mol. The number of carbonyl (C=O) groups excluding carboxylic acids is 1. The summed E-state index contributed by atoms with van der Waals surface area (Å²) < 4.78 is 19.1. The fraction of sp³-hybridized carbons (Fsp3) is 0.529. The van der Waals surface area contributed by atoms with E-state index in [1.54, 1.807) is 4.90 Å². The number of rotatable bonds is 5. The lowest BCUT2D eigenvalue weighted by atomic mass is 9.97. The Hall–Kier alpha value is -2.31. The molecule has 0 unspecified atom stereocenters. The zero-order valence-corrected chi connectivity index (χ0v) is 13.3. The van der Waals surface area contributed by atoms with Crippen LogP contribution >= 0.6 is 0 Å². The van der Waals surface area contributed by atoms with Crippen molar-refractivity contribution in [3.05, 3.63) is 24.0 Å². The van der Waals surface area contributed by atoms with Gasteiger partial charge in [0.05, 0.1) is 18.2 Å². The summed E-state index contributed by atoms with van der Waals surface area (Å²) in [6.45, 7) is 1.31. The second-order valence-electron chi connectivity index (χ2n) is 6.42. The SMILES string of the molecule is O=C(O)C1CCN(C(=O)Nc2ccc(F)cc2OCC2CC2)CC1. The van der Waals surface area contributed by atoms with Gasteiger partial charge >= 0.3 is 12.0 Å². The monoisotopic (exact) mass is 336 g/mol. The summed E-state index contributed by atoms with van der Waals surface area (Å²) >= 11 is 0. The number of urea groups is 1. The van der Waals surface area contributed by atoms with E-state index in [0.717, 1.165) is 12.8 Å². The van der Waals surface area contributed by atoms with Gasteiger partial charge < -0.3 is 20.1 Å². The van der Waals surface area contributed by atoms with E-state index in [4.69, 9.17) is 9.84 Å². The Morgan fingerprint density at radius 2 is 1.96 bits per heavy atom. The molecule has 2 fully saturated rings. The number of carbonyl (C=O) groups is 2. The van der Waals surface area contributed by atoms with E-state index < -0.39 is 17.7 Å². The number of anilines is 1. The van der Waals surface area contributed by atoms with E-state index >= 15 is 0 Å². The van der Waals surface area contributed by atoms with Crippen LogP contribution in [0.2, 0.25) is 0 Å². The lowest BCUT2D eigenvalue weighted by Crippen LogP contribution is -2.42. The van der Waals surface area contributed by atoms with Crippen LogP contribution in [0.15, 0.2) is 18.2 Å². The Bertz CT molecular complexity index is 625. The van der Waals surface area contributed by atoms with Crippen LogP contribution in [0.4, 0.5) is 14.9 Å². The number of nitrogens with one attached hydrogen (secondary N) is 1. The highest BCUT2D eigenvalue weighted by molar-refractivity contribution is 5.91. The number of likely N-dealkylation sites (tertiary alicyclic amines) is 1. The minimum atomic E-state index is -0.815. The molecule has 24 heavy (non-hydrogen) atoms. The van der Waals surface area contributed by atoms with E-state index in [-0.39, 0.29) is 6.03 Å². The average molecular weight is 336 g/mol. The molecule has 0 radical (unpaired) electrons. The van der Waals surface area contributed by atoms with Crippen LogP contribution in [0.3, 0.4) is 0 Å². The molecular formula is C17H21FN2O4. The summed E-state index contributed by atoms with van der Waals surface area (Å²) in [4.78, 5) is 24.9. The first-order valence-electron chi connectivity index (χ1n) is 8.24. The highest BCUT2D eigenvalue weighted by atomic mass is 19.1. The van der Waals surface area contributed by atoms with Crippen molar-refractivity contribution >= 4 is 17.7 Å². The van der Waals surface area contributed by atoms with Crippen LogP contribution in [-0.4, -0.2) is 41.7 Å². The van der Waals surface area contributed by atoms with Crippen molar-refractivity contribution in [3.8, 4) is 5.75 Å². The van der Waals surface area contributed by atoms with Gasteiger partial charge in [0.15, 0.2) is 0 Å². The number of aliphatic carboxylic acids is 1. The van der Waals surface area contributed by atoms with E-state index in [9.17, 15) is 14.0 Å². The first-order valence-corrected chi connectivity index (χ1v) is 8.24. The standard InChI is InChI=1S/C17H21FN2O4/c18-13-3-4-14(15(9-13)24-10-11-1-2-11)19-17(23)20-7-5-12(6-8-20)16(21)22/h3-4,9,11-12H,1-2,5-8,10H2,(H,19,23)(H,21,22). The van der Waals surface area contributed by atoms with Crippen molar-refractivity contribution in [1.29, 1.82) is 0 Å². The number of piperidine rings is 1. The largest absolute Gasteiger partial charge is 0.491 e. The van der Waals surface area contributed by atoms with Crippen molar-refractivity contribution in [2.75, 3.05) is 25.0 Å². The summed E-state index contributed by atoms with van der Waals surface area (Å²) in [5.74, 6) is -0.773. The molecule has 7 heteroatoms. The molecule has 1 saturated heterocycles. The van der Waals surface area contributed by atoms with Crippen molar-refractivity contribution in [1.82, 2.24) is 4.90 Å². The molecular weight excluding hydrogens is 315 g/mol. The zero-order chi connectivity index (χ0) is 17.1. The van der Waals surface area contributed by atoms with Crippen molar-refractivity contribution in [3.63, 3.8) is 0 Å². The highest BCUT2D eigenvalue weighted by Gasteiger charge is 2.27. The minimum absolute atomic E-state index is 0.318. The summed E-state index contributed by atoms with van der Waals surface area (Å²) in [5.41, 5.74) is 0.433. The van der Waals surface area contributed by atoms with E-state index in [1.807, 2.05) is 0 Å². The smallest absolute Gasteiger partial charge is 0.321 e. The van der Waals surface area contributed by atoms with Crippen LogP contribution in [0, 0.1) is 17.7 Å². The van der Waals surface area contributed by atoms with Crippen molar-refractivity contribution in [2.24, 2.45) is 11.8 Å². The van der Waals surface area contributed by atoms with Gasteiger partial charge in [-0.25, -0.2) is 9.18 Å². The topological polar surface area (TPSA) is 78.9 Å². The molecule has 0 atom stereocenters. The van der Waals surface area contributed by atoms with E-state index in [1.165, 1.54) is 18.2 Å². The maximum atomic E-state index is 13.4. The minimum Gasteiger partial charge on any atom is -0.491 e. The first-order chi connectivity index (χ1) is 11.5. The molecule has 1 aromatic rings. The van der Waals surface area contributed by atoms with Crippen LogP contribution in [0.25, 0.3) is 0 Å². The molecule has 1 aliphatic carbocycles. The fourth-order valence-corrected chi connectivity index (χ4v) is 2.73. The number of hydrogen-bond donors (Lipinski definition) is 2. The summed E-state index contributed by atoms with van der Waals surface area (Å²) in [7, 11) is 0. The normalized spacial score (nSPS) is 18.3. The lowest BCUT2D eigenvalue weighted by Gasteiger charge is -2.30. The molecule has 1 heterocycles. The third kappa shape index (κ3) is 4.15. The van der Waals surface area contributed by atoms with Crippen molar-refractivity contribution < 1.29 is 23.8 Å². The number of carboxylic acid groups (broad SMARTS) is 1. The fourth-order valence-electron chi connectivity index (χ4n) is 2.73. The molecule has 2 amide bonds. The summed E-state index contributed by atoms with van der Waals surface area (Å²) in [6, 6.07) is 3.71. The highest BCUT2D eigenvalue weighted by Crippen LogP contribution is 2.32. The van der Waals surface area contributed by atoms with E-state index in [2.05, 4.69) is 5.32 Å². The van der Waals surface area contributed by atoms with Gasteiger partial charge in [0.1, 0.15) is 11.6 Å². The molecule has 2 aliphatic rings. The molecule has 3 rings (SSSR count). The molecule has 130 valence electrons. The third-order valence-corrected chi connectivity index (χ3v) is 4.49. The predicted octanol–water partition coefficient (Wildman–Crippen LogP) is 2.94. The summed E-state index contributed by atoms with van der Waals surface area (Å²) in [6.07, 6.45) is 3.12. The Morgan fingerprint density at radius 1 is 1.25 bits per heavy atom. The maximum absolute atomic E-state index is 13.4. The molecule has 1 aromatic carbocycles. The Kier molecular flexibility index (Phi) is 4.87. The van der Waals surface area contributed by atoms with Gasteiger partial charge in [0.2, 0.25) is 0 Å². The molecule has 0 bridgehead atoms. The van der Waals surface area contributed by atoms with Crippen molar-refractivity contribution in [2.45, 2.75) is 25.7 Å². The van der Waals surface area contributed by atoms with Gasteiger partial charge in [-0.1, -0.05) is 0 Å². The number of halogens is 1. The van der Waals surface area contributed by atoms with Crippen LogP contribution in [-0.2, 0) is 4.79 Å².